The van der Waals surface area contributed by atoms with Crippen LogP contribution in [0.4, 0.5) is 4.39 Å². The Morgan fingerprint density at radius 1 is 1.24 bits per heavy atom. The zero-order chi connectivity index (χ0) is 15.1. The van der Waals surface area contributed by atoms with Gasteiger partial charge in [0.2, 0.25) is 0 Å². The van der Waals surface area contributed by atoms with Crippen LogP contribution in [0.2, 0.25) is 10.0 Å². The first-order valence-electron chi connectivity index (χ1n) is 5.83. The Balaban J connectivity index is 2.39. The molecule has 0 amide bonds. The minimum Gasteiger partial charge on any atom is -0.478 e. The molecule has 3 rings (SSSR count). The molecule has 21 heavy (non-hydrogen) atoms. The molecule has 0 aliphatic carbocycles. The van der Waals surface area contributed by atoms with Crippen LogP contribution >= 0.6 is 23.2 Å². The molecule has 0 unspecified atom stereocenters. The number of imidazole rings is 1. The number of nitrogens with zero attached hydrogens (tertiary/aromatic N) is 2. The number of benzene rings is 2. The lowest BCUT2D eigenvalue weighted by molar-refractivity contribution is 0.0698. The Bertz CT molecular complexity index is 854. The molecule has 0 radical (unpaired) electrons. The van der Waals surface area contributed by atoms with E-state index in [1.54, 1.807) is 12.1 Å². The van der Waals surface area contributed by atoms with Crippen LogP contribution in [-0.2, 0) is 0 Å². The fraction of sp³-hybridized carbons (Fsp3) is 0. The number of para-hydroxylation sites is 1. The van der Waals surface area contributed by atoms with Gasteiger partial charge in [0.05, 0.1) is 32.3 Å². The van der Waals surface area contributed by atoms with E-state index in [0.717, 1.165) is 12.1 Å². The predicted octanol–water partition coefficient (Wildman–Crippen LogP) is 4.17. The molecule has 106 valence electrons. The molecule has 1 N–H and O–H groups in total. The zero-order valence-electron chi connectivity index (χ0n) is 10.3. The third kappa shape index (κ3) is 2.24. The van der Waals surface area contributed by atoms with E-state index in [1.165, 1.54) is 17.0 Å². The van der Waals surface area contributed by atoms with Crippen molar-refractivity contribution in [1.82, 2.24) is 9.55 Å². The van der Waals surface area contributed by atoms with Crippen LogP contribution in [0, 0.1) is 5.82 Å². The summed E-state index contributed by atoms with van der Waals surface area (Å²) in [7, 11) is 0. The molecule has 4 nitrogen and oxygen atoms in total. The summed E-state index contributed by atoms with van der Waals surface area (Å²) >= 11 is 12.1. The summed E-state index contributed by atoms with van der Waals surface area (Å²) < 4.78 is 14.7. The Labute approximate surface area is 128 Å². The third-order valence-corrected chi connectivity index (χ3v) is 3.60. The first-order chi connectivity index (χ1) is 9.99. The number of hydrogen-bond donors (Lipinski definition) is 1. The summed E-state index contributed by atoms with van der Waals surface area (Å²) in [6, 6.07) is 6.94. The highest BCUT2D eigenvalue weighted by Crippen LogP contribution is 2.33. The van der Waals surface area contributed by atoms with Crippen molar-refractivity contribution in [2.24, 2.45) is 0 Å². The molecule has 2 aromatic carbocycles. The molecule has 0 saturated heterocycles. The second-order valence-corrected chi connectivity index (χ2v) is 5.13. The van der Waals surface area contributed by atoms with Crippen molar-refractivity contribution in [2.75, 3.05) is 0 Å². The minimum absolute atomic E-state index is 0.0569. The van der Waals surface area contributed by atoms with Gasteiger partial charge in [-0.2, -0.15) is 0 Å². The topological polar surface area (TPSA) is 55.1 Å². The van der Waals surface area contributed by atoms with Crippen LogP contribution in [0.1, 0.15) is 10.4 Å². The molecular formula is C14H7Cl2FN2O2. The lowest BCUT2D eigenvalue weighted by Gasteiger charge is -2.10. The van der Waals surface area contributed by atoms with Crippen LogP contribution in [0.25, 0.3) is 16.7 Å². The Hall–Kier alpha value is -2.11. The summed E-state index contributed by atoms with van der Waals surface area (Å²) in [5.74, 6) is -1.67. The van der Waals surface area contributed by atoms with Crippen LogP contribution in [0.5, 0.6) is 0 Å². The molecule has 0 bridgehead atoms. The molecule has 0 spiro atoms. The average Bonchev–Trinajstić information content (AvgIpc) is 2.81. The van der Waals surface area contributed by atoms with E-state index in [2.05, 4.69) is 4.98 Å². The highest BCUT2D eigenvalue weighted by atomic mass is 35.5. The van der Waals surface area contributed by atoms with E-state index in [4.69, 9.17) is 23.2 Å². The van der Waals surface area contributed by atoms with Gasteiger partial charge in [-0.25, -0.2) is 14.2 Å². The summed E-state index contributed by atoms with van der Waals surface area (Å²) in [5, 5.41) is 9.43. The number of carbonyl (C=O) groups is 1. The number of hydrogen-bond acceptors (Lipinski definition) is 2. The van der Waals surface area contributed by atoms with Crippen molar-refractivity contribution in [2.45, 2.75) is 0 Å². The van der Waals surface area contributed by atoms with Gasteiger partial charge in [0.1, 0.15) is 12.1 Å². The lowest BCUT2D eigenvalue weighted by Crippen LogP contribution is -2.02. The van der Waals surface area contributed by atoms with Crippen molar-refractivity contribution in [3.05, 3.63) is 58.1 Å². The molecule has 0 atom stereocenters. The third-order valence-electron chi connectivity index (χ3n) is 3.02. The number of carboxylic acids is 1. The van der Waals surface area contributed by atoms with E-state index in [9.17, 15) is 14.3 Å². The molecule has 3 aromatic rings. The van der Waals surface area contributed by atoms with E-state index >= 15 is 0 Å². The monoisotopic (exact) mass is 324 g/mol. The van der Waals surface area contributed by atoms with Gasteiger partial charge in [-0.1, -0.05) is 29.3 Å². The molecule has 0 aliphatic heterocycles. The minimum atomic E-state index is -1.10. The molecule has 1 heterocycles. The van der Waals surface area contributed by atoms with Crippen LogP contribution in [0.3, 0.4) is 0 Å². The van der Waals surface area contributed by atoms with Gasteiger partial charge >= 0.3 is 5.97 Å². The quantitative estimate of drug-likeness (QED) is 0.769. The summed E-state index contributed by atoms with van der Waals surface area (Å²) in [6.07, 6.45) is 1.40. The zero-order valence-corrected chi connectivity index (χ0v) is 11.9. The Morgan fingerprint density at radius 2 is 1.90 bits per heavy atom. The largest absolute Gasteiger partial charge is 0.478 e. The maximum atomic E-state index is 13.3. The normalized spacial score (nSPS) is 11.0. The number of halogens is 3. The van der Waals surface area contributed by atoms with Crippen molar-refractivity contribution in [3.8, 4) is 5.69 Å². The van der Waals surface area contributed by atoms with Crippen LogP contribution in [-0.4, -0.2) is 20.6 Å². The number of rotatable bonds is 2. The van der Waals surface area contributed by atoms with Gasteiger partial charge in [-0.3, -0.25) is 4.57 Å². The highest BCUT2D eigenvalue weighted by Gasteiger charge is 2.18. The first-order valence-corrected chi connectivity index (χ1v) is 6.59. The van der Waals surface area contributed by atoms with Crippen LogP contribution in [0.15, 0.2) is 36.7 Å². The average molecular weight is 325 g/mol. The first kappa shape index (κ1) is 13.9. The van der Waals surface area contributed by atoms with Gasteiger partial charge in [-0.15, -0.1) is 0 Å². The number of aromatic carboxylic acids is 1. The second kappa shape index (κ2) is 5.02. The van der Waals surface area contributed by atoms with Gasteiger partial charge in [-0.05, 0) is 24.3 Å². The molecule has 0 aliphatic rings. The maximum absolute atomic E-state index is 13.3. The number of aromatic nitrogens is 2. The summed E-state index contributed by atoms with van der Waals surface area (Å²) in [5.41, 5.74) is 1.17. The van der Waals surface area contributed by atoms with Gasteiger partial charge in [0.15, 0.2) is 0 Å². The lowest BCUT2D eigenvalue weighted by atomic mass is 10.1. The SMILES string of the molecule is O=C(O)c1cccc2ncn(-c3c(Cl)cc(F)cc3Cl)c12. The van der Waals surface area contributed by atoms with E-state index in [0.29, 0.717) is 11.0 Å². The number of carboxylic acid groups (broad SMARTS) is 1. The van der Waals surface area contributed by atoms with E-state index < -0.39 is 11.8 Å². The molecule has 0 saturated carbocycles. The molecule has 1 aromatic heterocycles. The van der Waals surface area contributed by atoms with Gasteiger partial charge in [0.25, 0.3) is 0 Å². The van der Waals surface area contributed by atoms with Gasteiger partial charge < -0.3 is 5.11 Å². The fourth-order valence-electron chi connectivity index (χ4n) is 2.17. The Morgan fingerprint density at radius 3 is 2.52 bits per heavy atom. The van der Waals surface area contributed by atoms with E-state index in [1.807, 2.05) is 0 Å². The maximum Gasteiger partial charge on any atom is 0.337 e. The second-order valence-electron chi connectivity index (χ2n) is 4.31. The smallest absolute Gasteiger partial charge is 0.337 e. The number of fused-ring (bicyclic) bond motifs is 1. The van der Waals surface area contributed by atoms with Crippen molar-refractivity contribution < 1.29 is 14.3 Å². The fourth-order valence-corrected chi connectivity index (χ4v) is 2.82. The predicted molar refractivity (Wildman–Crippen MR) is 78.0 cm³/mol. The summed E-state index contributed by atoms with van der Waals surface area (Å²) in [4.78, 5) is 15.5. The van der Waals surface area contributed by atoms with Gasteiger partial charge in [0, 0.05) is 0 Å². The molecular weight excluding hydrogens is 318 g/mol. The Kier molecular flexibility index (Phi) is 3.31. The van der Waals surface area contributed by atoms with Crippen LogP contribution < -0.4 is 0 Å². The van der Waals surface area contributed by atoms with E-state index in [-0.39, 0.29) is 21.3 Å². The van der Waals surface area contributed by atoms with Crippen molar-refractivity contribution >= 4 is 40.2 Å². The molecule has 0 fully saturated rings. The highest BCUT2D eigenvalue weighted by molar-refractivity contribution is 6.38. The molecule has 7 heteroatoms. The van der Waals surface area contributed by atoms with Crippen molar-refractivity contribution in [1.29, 1.82) is 0 Å². The summed E-state index contributed by atoms with van der Waals surface area (Å²) in [6.45, 7) is 0. The standard InChI is InChI=1S/C14H7Cl2FN2O2/c15-9-4-7(17)5-10(16)13(9)19-6-18-11-3-1-2-8(12(11)19)14(20)21/h1-6H,(H,20,21). The van der Waals surface area contributed by atoms with Crippen molar-refractivity contribution in [3.63, 3.8) is 0 Å².